The summed E-state index contributed by atoms with van der Waals surface area (Å²) in [5.41, 5.74) is 0. The topological polar surface area (TPSA) is 108 Å². The molecule has 0 aromatic rings. The number of rotatable bonds is 46. The molecule has 1 N–H and O–H groups in total. The van der Waals surface area contributed by atoms with Crippen molar-refractivity contribution >= 4 is 17.9 Å². The second-order valence-corrected chi connectivity index (χ2v) is 18.1. The van der Waals surface area contributed by atoms with Gasteiger partial charge >= 0.3 is 17.9 Å². The van der Waals surface area contributed by atoms with Gasteiger partial charge in [0.05, 0.1) is 34.4 Å². The van der Waals surface area contributed by atoms with E-state index in [0.717, 1.165) is 38.5 Å². The van der Waals surface area contributed by atoms with Crippen LogP contribution in [0.3, 0.4) is 0 Å². The minimum absolute atomic E-state index is 0.174. The number of carbonyl (C=O) groups excluding carboxylic acids is 2. The summed E-state index contributed by atoms with van der Waals surface area (Å²) in [6, 6.07) is 0. The molecule has 0 amide bonds. The Kier molecular flexibility index (Phi) is 40.8. The van der Waals surface area contributed by atoms with E-state index >= 15 is 0 Å². The fourth-order valence-corrected chi connectivity index (χ4v) is 7.25. The first-order valence-electron chi connectivity index (χ1n) is 24.7. The van der Waals surface area contributed by atoms with Gasteiger partial charge in [-0.15, -0.1) is 0 Å². The predicted octanol–water partition coefficient (Wildman–Crippen LogP) is 13.3. The van der Waals surface area contributed by atoms with Crippen LogP contribution in [-0.4, -0.2) is 87.4 Å². The number of likely N-dealkylation sites (N-methyl/N-ethyl adjacent to an activating group) is 1. The van der Waals surface area contributed by atoms with E-state index in [9.17, 15) is 19.5 Å². The SMILES string of the molecule is CCCCCCCCCCCCCCCCCCCCCCCCCCC(=O)OC(COC(=O)CCCCCCCCCCC)COC(OCC[N+](C)(C)C)C(=O)O. The molecular weight excluding hydrogens is 731 g/mol. The molecule has 58 heavy (non-hydrogen) atoms. The van der Waals surface area contributed by atoms with E-state index < -0.39 is 18.4 Å². The van der Waals surface area contributed by atoms with Crippen LogP contribution in [0.25, 0.3) is 0 Å². The van der Waals surface area contributed by atoms with Crippen molar-refractivity contribution in [3.05, 3.63) is 0 Å². The number of hydrogen-bond donors (Lipinski definition) is 1. The van der Waals surface area contributed by atoms with E-state index in [1.54, 1.807) is 0 Å². The number of quaternary nitrogens is 1. The largest absolute Gasteiger partial charge is 0.477 e. The summed E-state index contributed by atoms with van der Waals surface area (Å²) in [5, 5.41) is 9.63. The maximum atomic E-state index is 12.8. The van der Waals surface area contributed by atoms with Gasteiger partial charge in [-0.2, -0.15) is 0 Å². The van der Waals surface area contributed by atoms with Crippen molar-refractivity contribution in [3.63, 3.8) is 0 Å². The van der Waals surface area contributed by atoms with Gasteiger partial charge in [0.2, 0.25) is 0 Å². The summed E-state index contributed by atoms with van der Waals surface area (Å²) in [6.45, 7) is 4.89. The average Bonchev–Trinajstić information content (AvgIpc) is 3.18. The molecule has 0 saturated carbocycles. The molecule has 0 aliphatic rings. The van der Waals surface area contributed by atoms with Gasteiger partial charge in [0.15, 0.2) is 6.10 Å². The molecule has 344 valence electrons. The van der Waals surface area contributed by atoms with Crippen LogP contribution >= 0.6 is 0 Å². The van der Waals surface area contributed by atoms with Crippen LogP contribution in [0.5, 0.6) is 0 Å². The van der Waals surface area contributed by atoms with E-state index in [1.807, 2.05) is 21.1 Å². The summed E-state index contributed by atoms with van der Waals surface area (Å²) in [4.78, 5) is 37.0. The first-order chi connectivity index (χ1) is 28.1. The van der Waals surface area contributed by atoms with Gasteiger partial charge in [0.25, 0.3) is 6.29 Å². The van der Waals surface area contributed by atoms with Crippen LogP contribution in [0, 0.1) is 0 Å². The molecule has 2 atom stereocenters. The van der Waals surface area contributed by atoms with Gasteiger partial charge in [-0.25, -0.2) is 4.79 Å². The van der Waals surface area contributed by atoms with Crippen molar-refractivity contribution in [1.82, 2.24) is 0 Å². The van der Waals surface area contributed by atoms with Crippen LogP contribution in [0.2, 0.25) is 0 Å². The molecule has 2 unspecified atom stereocenters. The normalized spacial score (nSPS) is 12.8. The number of carbonyl (C=O) groups is 3. The number of carboxylic acid groups (broad SMARTS) is 1. The monoisotopic (exact) mass is 827 g/mol. The Balaban J connectivity index is 4.16. The summed E-state index contributed by atoms with van der Waals surface area (Å²) < 4.78 is 22.7. The summed E-state index contributed by atoms with van der Waals surface area (Å²) in [6.07, 6.45) is 40.4. The lowest BCUT2D eigenvalue weighted by atomic mass is 10.0. The van der Waals surface area contributed by atoms with Crippen LogP contribution in [-0.2, 0) is 33.3 Å². The number of unbranched alkanes of at least 4 members (excludes halogenated alkanes) is 31. The van der Waals surface area contributed by atoms with Gasteiger partial charge in [-0.3, -0.25) is 9.59 Å². The quantitative estimate of drug-likeness (QED) is 0.0280. The van der Waals surface area contributed by atoms with E-state index in [-0.39, 0.29) is 38.2 Å². The van der Waals surface area contributed by atoms with E-state index in [4.69, 9.17) is 18.9 Å². The Bertz CT molecular complexity index is 923. The van der Waals surface area contributed by atoms with Crippen LogP contribution in [0.15, 0.2) is 0 Å². The smallest absolute Gasteiger partial charge is 0.361 e. The molecule has 0 saturated heterocycles. The Morgan fingerprint density at radius 2 is 0.776 bits per heavy atom. The number of ether oxygens (including phenoxy) is 4. The van der Waals surface area contributed by atoms with Crippen LogP contribution < -0.4 is 0 Å². The van der Waals surface area contributed by atoms with Crippen molar-refractivity contribution in [3.8, 4) is 0 Å². The van der Waals surface area contributed by atoms with Crippen molar-refractivity contribution < 1.29 is 42.9 Å². The zero-order valence-corrected chi connectivity index (χ0v) is 39.0. The van der Waals surface area contributed by atoms with Gasteiger partial charge in [0, 0.05) is 12.8 Å². The second-order valence-electron chi connectivity index (χ2n) is 18.1. The number of carboxylic acids is 1. The zero-order chi connectivity index (χ0) is 42.8. The van der Waals surface area contributed by atoms with E-state index in [1.165, 1.54) is 173 Å². The van der Waals surface area contributed by atoms with Crippen molar-refractivity contribution in [2.45, 2.75) is 251 Å². The molecule has 0 aliphatic heterocycles. The maximum absolute atomic E-state index is 12.8. The second kappa shape index (κ2) is 42.0. The van der Waals surface area contributed by atoms with Crippen LogP contribution in [0.1, 0.15) is 239 Å². The lowest BCUT2D eigenvalue weighted by molar-refractivity contribution is -0.870. The van der Waals surface area contributed by atoms with Crippen molar-refractivity contribution in [2.24, 2.45) is 0 Å². The predicted molar refractivity (Wildman–Crippen MR) is 240 cm³/mol. The molecule has 0 heterocycles. The fraction of sp³-hybridized carbons (Fsp3) is 0.939. The number of nitrogens with zero attached hydrogens (tertiary/aromatic N) is 1. The first kappa shape index (κ1) is 56.3. The standard InChI is InChI=1S/C49H95NO8/c1-6-8-10-12-14-16-17-18-19-20-21-22-23-24-25-26-27-28-29-30-32-34-36-38-40-47(52)58-45(44-57-49(48(53)54)55-42-41-50(3,4)5)43-56-46(51)39-37-35-33-31-15-13-11-9-7-2/h45,49H,6-44H2,1-5H3/p+1. The molecule has 0 aromatic heterocycles. The van der Waals surface area contributed by atoms with E-state index in [2.05, 4.69) is 13.8 Å². The number of aliphatic carboxylic acids is 1. The average molecular weight is 827 g/mol. The van der Waals surface area contributed by atoms with Crippen LogP contribution in [0.4, 0.5) is 0 Å². The van der Waals surface area contributed by atoms with Crippen molar-refractivity contribution in [2.75, 3.05) is 47.5 Å². The highest BCUT2D eigenvalue weighted by Crippen LogP contribution is 2.17. The highest BCUT2D eigenvalue weighted by atomic mass is 16.7. The molecule has 0 bridgehead atoms. The van der Waals surface area contributed by atoms with Gasteiger partial charge in [0.1, 0.15) is 13.2 Å². The molecule has 9 heteroatoms. The Hall–Kier alpha value is -1.71. The highest BCUT2D eigenvalue weighted by Gasteiger charge is 2.25. The summed E-state index contributed by atoms with van der Waals surface area (Å²) in [7, 11) is 5.96. The zero-order valence-electron chi connectivity index (χ0n) is 39.0. The maximum Gasteiger partial charge on any atom is 0.361 e. The lowest BCUT2D eigenvalue weighted by Gasteiger charge is -2.25. The third kappa shape index (κ3) is 42.4. The molecule has 0 aromatic carbocycles. The minimum Gasteiger partial charge on any atom is -0.477 e. The Morgan fingerprint density at radius 3 is 1.10 bits per heavy atom. The fourth-order valence-electron chi connectivity index (χ4n) is 7.25. The third-order valence-electron chi connectivity index (χ3n) is 11.1. The molecule has 0 aliphatic carbocycles. The highest BCUT2D eigenvalue weighted by molar-refractivity contribution is 5.71. The summed E-state index contributed by atoms with van der Waals surface area (Å²) in [5.74, 6) is -1.99. The van der Waals surface area contributed by atoms with E-state index in [0.29, 0.717) is 17.4 Å². The molecule has 0 spiro atoms. The Morgan fingerprint density at radius 1 is 0.448 bits per heavy atom. The Labute approximate surface area is 358 Å². The van der Waals surface area contributed by atoms with Crippen molar-refractivity contribution in [1.29, 1.82) is 0 Å². The van der Waals surface area contributed by atoms with Gasteiger partial charge in [-0.05, 0) is 12.8 Å². The van der Waals surface area contributed by atoms with Gasteiger partial charge in [-0.1, -0.05) is 213 Å². The number of hydrogen-bond acceptors (Lipinski definition) is 7. The number of esters is 2. The third-order valence-corrected chi connectivity index (χ3v) is 11.1. The summed E-state index contributed by atoms with van der Waals surface area (Å²) >= 11 is 0. The minimum atomic E-state index is -1.50. The van der Waals surface area contributed by atoms with Gasteiger partial charge < -0.3 is 28.5 Å². The molecule has 0 fully saturated rings. The molecule has 0 radical (unpaired) electrons. The first-order valence-corrected chi connectivity index (χ1v) is 24.7. The molecule has 0 rings (SSSR count). The molecule has 9 nitrogen and oxygen atoms in total. The molecular formula is C49H96NO8+. The lowest BCUT2D eigenvalue weighted by Crippen LogP contribution is -2.40.